The van der Waals surface area contributed by atoms with Crippen LogP contribution in [-0.4, -0.2) is 14.8 Å². The average molecular weight is 239 g/mol. The van der Waals surface area contributed by atoms with E-state index in [1.54, 1.807) is 0 Å². The maximum Gasteiger partial charge on any atom is 0.291 e. The molecule has 3 nitrogen and oxygen atoms in total. The molecule has 0 fully saturated rings. The lowest BCUT2D eigenvalue weighted by molar-refractivity contribution is -0.00211. The number of pyridine rings is 1. The van der Waals surface area contributed by atoms with Crippen LogP contribution in [0, 0.1) is 5.82 Å². The number of fused-ring (bicyclic) bond motifs is 1. The van der Waals surface area contributed by atoms with E-state index >= 15 is 0 Å². The van der Waals surface area contributed by atoms with Crippen LogP contribution < -0.4 is 0 Å². The molecule has 2 aromatic heterocycles. The van der Waals surface area contributed by atoms with Crippen molar-refractivity contribution in [1.82, 2.24) is 14.8 Å². The second-order valence-electron chi connectivity index (χ2n) is 3.95. The molecule has 1 aliphatic heterocycles. The van der Waals surface area contributed by atoms with E-state index in [-0.39, 0.29) is 18.7 Å². The quantitative estimate of drug-likeness (QED) is 0.765. The third-order valence-electron chi connectivity index (χ3n) is 2.78. The van der Waals surface area contributed by atoms with Gasteiger partial charge in [0.2, 0.25) is 0 Å². The summed E-state index contributed by atoms with van der Waals surface area (Å²) in [4.78, 5) is 3.81. The standard InChI is InChI=1S/C11H8F3N3/c12-7-1-2-8(15-6-7)9-5-10-11(13,14)3-4-17(10)16-9/h1-2,5-6H,3-4H2. The van der Waals surface area contributed by atoms with Gasteiger partial charge in [0.25, 0.3) is 5.92 Å². The smallest absolute Gasteiger partial charge is 0.263 e. The van der Waals surface area contributed by atoms with E-state index in [9.17, 15) is 13.2 Å². The summed E-state index contributed by atoms with van der Waals surface area (Å²) in [6, 6.07) is 3.96. The Balaban J connectivity index is 2.04. The summed E-state index contributed by atoms with van der Waals surface area (Å²) in [6.07, 6.45) is 0.824. The number of alkyl halides is 2. The van der Waals surface area contributed by atoms with Crippen LogP contribution >= 0.6 is 0 Å². The van der Waals surface area contributed by atoms with Crippen LogP contribution in [-0.2, 0) is 12.5 Å². The van der Waals surface area contributed by atoms with Crippen molar-refractivity contribution < 1.29 is 13.2 Å². The predicted molar refractivity (Wildman–Crippen MR) is 53.9 cm³/mol. The molecule has 6 heteroatoms. The lowest BCUT2D eigenvalue weighted by Crippen LogP contribution is -2.07. The molecule has 0 saturated heterocycles. The third kappa shape index (κ3) is 1.60. The van der Waals surface area contributed by atoms with Gasteiger partial charge in [0.15, 0.2) is 0 Å². The topological polar surface area (TPSA) is 30.7 Å². The lowest BCUT2D eigenvalue weighted by Gasteiger charge is -2.04. The van der Waals surface area contributed by atoms with Crippen molar-refractivity contribution in [3.63, 3.8) is 0 Å². The van der Waals surface area contributed by atoms with Gasteiger partial charge in [0.1, 0.15) is 17.2 Å². The van der Waals surface area contributed by atoms with Crippen molar-refractivity contribution in [3.8, 4) is 11.4 Å². The molecular weight excluding hydrogens is 231 g/mol. The maximum atomic E-state index is 13.4. The van der Waals surface area contributed by atoms with Gasteiger partial charge in [0.05, 0.1) is 11.9 Å². The van der Waals surface area contributed by atoms with E-state index in [0.29, 0.717) is 11.4 Å². The fourth-order valence-electron chi connectivity index (χ4n) is 1.91. The highest BCUT2D eigenvalue weighted by molar-refractivity contribution is 5.54. The summed E-state index contributed by atoms with van der Waals surface area (Å²) < 4.78 is 40.7. The fraction of sp³-hybridized carbons (Fsp3) is 0.273. The summed E-state index contributed by atoms with van der Waals surface area (Å²) in [6.45, 7) is 0.198. The average Bonchev–Trinajstić information content (AvgIpc) is 2.82. The molecule has 2 aromatic rings. The Kier molecular flexibility index (Phi) is 2.01. The summed E-state index contributed by atoms with van der Waals surface area (Å²) in [5.74, 6) is -3.29. The molecule has 3 heterocycles. The molecule has 0 spiro atoms. The first-order valence-electron chi connectivity index (χ1n) is 5.14. The van der Waals surface area contributed by atoms with Gasteiger partial charge in [0, 0.05) is 13.0 Å². The van der Waals surface area contributed by atoms with E-state index in [1.165, 1.54) is 22.9 Å². The zero-order valence-electron chi connectivity index (χ0n) is 8.70. The van der Waals surface area contributed by atoms with Gasteiger partial charge < -0.3 is 0 Å². The highest BCUT2D eigenvalue weighted by Crippen LogP contribution is 2.39. The van der Waals surface area contributed by atoms with Crippen molar-refractivity contribution in [1.29, 1.82) is 0 Å². The Morgan fingerprint density at radius 2 is 2.06 bits per heavy atom. The number of rotatable bonds is 1. The Morgan fingerprint density at radius 1 is 1.24 bits per heavy atom. The van der Waals surface area contributed by atoms with Gasteiger partial charge in [-0.3, -0.25) is 9.67 Å². The van der Waals surface area contributed by atoms with Gasteiger partial charge in [-0.05, 0) is 18.2 Å². The highest BCUT2D eigenvalue weighted by atomic mass is 19.3. The molecule has 0 atom stereocenters. The SMILES string of the molecule is Fc1ccc(-c2cc3n(n2)CCC3(F)F)nc1. The van der Waals surface area contributed by atoms with Gasteiger partial charge in [-0.15, -0.1) is 0 Å². The number of halogens is 3. The van der Waals surface area contributed by atoms with E-state index in [2.05, 4.69) is 10.1 Å². The monoisotopic (exact) mass is 239 g/mol. The molecule has 1 aliphatic rings. The van der Waals surface area contributed by atoms with Gasteiger partial charge in [-0.25, -0.2) is 4.39 Å². The first kappa shape index (κ1) is 10.3. The first-order valence-corrected chi connectivity index (χ1v) is 5.14. The highest BCUT2D eigenvalue weighted by Gasteiger charge is 2.41. The second kappa shape index (κ2) is 3.32. The summed E-state index contributed by atoms with van der Waals surface area (Å²) in [5, 5.41) is 4.04. The van der Waals surface area contributed by atoms with Gasteiger partial charge >= 0.3 is 0 Å². The van der Waals surface area contributed by atoms with E-state index in [0.717, 1.165) is 6.20 Å². The zero-order valence-corrected chi connectivity index (χ0v) is 8.70. The lowest BCUT2D eigenvalue weighted by atomic mass is 10.2. The van der Waals surface area contributed by atoms with Crippen molar-refractivity contribution in [3.05, 3.63) is 35.9 Å². The molecule has 0 aromatic carbocycles. The molecule has 0 saturated carbocycles. The van der Waals surface area contributed by atoms with Crippen LogP contribution in [0.15, 0.2) is 24.4 Å². The van der Waals surface area contributed by atoms with Crippen molar-refractivity contribution >= 4 is 0 Å². The maximum absolute atomic E-state index is 13.4. The fourth-order valence-corrected chi connectivity index (χ4v) is 1.91. The van der Waals surface area contributed by atoms with Crippen LogP contribution in [0.3, 0.4) is 0 Å². The number of hydrogen-bond donors (Lipinski definition) is 0. The van der Waals surface area contributed by atoms with Crippen molar-refractivity contribution in [2.75, 3.05) is 0 Å². The summed E-state index contributed by atoms with van der Waals surface area (Å²) >= 11 is 0. The molecule has 0 radical (unpaired) electrons. The van der Waals surface area contributed by atoms with E-state index < -0.39 is 11.7 Å². The molecule has 0 N–H and O–H groups in total. The van der Waals surface area contributed by atoms with Crippen LogP contribution in [0.2, 0.25) is 0 Å². The second-order valence-corrected chi connectivity index (χ2v) is 3.95. The van der Waals surface area contributed by atoms with E-state index in [4.69, 9.17) is 0 Å². The minimum absolute atomic E-state index is 0.0985. The summed E-state index contributed by atoms with van der Waals surface area (Å²) in [7, 11) is 0. The van der Waals surface area contributed by atoms with Crippen LogP contribution in [0.5, 0.6) is 0 Å². The third-order valence-corrected chi connectivity index (χ3v) is 2.78. The Hall–Kier alpha value is -1.85. The molecule has 3 rings (SSSR count). The molecule has 0 unspecified atom stereocenters. The molecular formula is C11H8F3N3. The first-order chi connectivity index (χ1) is 8.06. The number of aromatic nitrogens is 3. The Labute approximate surface area is 94.9 Å². The van der Waals surface area contributed by atoms with Crippen LogP contribution in [0.1, 0.15) is 12.1 Å². The minimum Gasteiger partial charge on any atom is -0.263 e. The van der Waals surface area contributed by atoms with Crippen LogP contribution in [0.25, 0.3) is 11.4 Å². The Bertz CT molecular complexity index is 560. The van der Waals surface area contributed by atoms with Crippen molar-refractivity contribution in [2.45, 2.75) is 18.9 Å². The minimum atomic E-state index is -2.83. The van der Waals surface area contributed by atoms with Gasteiger partial charge in [-0.1, -0.05) is 0 Å². The van der Waals surface area contributed by atoms with E-state index in [1.807, 2.05) is 0 Å². The molecule has 0 aliphatic carbocycles. The molecule has 17 heavy (non-hydrogen) atoms. The summed E-state index contributed by atoms with van der Waals surface area (Å²) in [5.41, 5.74) is 0.641. The number of aryl methyl sites for hydroxylation is 1. The largest absolute Gasteiger partial charge is 0.291 e. The predicted octanol–water partition coefficient (Wildman–Crippen LogP) is 2.58. The van der Waals surface area contributed by atoms with Gasteiger partial charge in [-0.2, -0.15) is 13.9 Å². The zero-order chi connectivity index (χ0) is 12.0. The normalized spacial score (nSPS) is 17.1. The number of nitrogens with zero attached hydrogens (tertiary/aromatic N) is 3. The van der Waals surface area contributed by atoms with Crippen molar-refractivity contribution in [2.24, 2.45) is 0 Å². The molecule has 88 valence electrons. The Morgan fingerprint density at radius 3 is 2.71 bits per heavy atom. The molecule has 0 bridgehead atoms. The van der Waals surface area contributed by atoms with Crippen LogP contribution in [0.4, 0.5) is 13.2 Å². The number of hydrogen-bond acceptors (Lipinski definition) is 2. The molecule has 0 amide bonds.